The third-order valence-corrected chi connectivity index (χ3v) is 5.00. The molecule has 24 heavy (non-hydrogen) atoms. The molecule has 0 amide bonds. The predicted octanol–water partition coefficient (Wildman–Crippen LogP) is 5.12. The largest absolute Gasteiger partial charge is 0.366 e. The van der Waals surface area contributed by atoms with Gasteiger partial charge in [-0.15, -0.1) is 0 Å². The van der Waals surface area contributed by atoms with Gasteiger partial charge in [0.2, 0.25) is 0 Å². The maximum Gasteiger partial charge on any atom is 0.0935 e. The molecule has 1 aliphatic rings. The molecule has 0 saturated heterocycles. The van der Waals surface area contributed by atoms with Crippen molar-refractivity contribution in [3.05, 3.63) is 71.3 Å². The van der Waals surface area contributed by atoms with E-state index < -0.39 is 0 Å². The first kappa shape index (κ1) is 17.2. The van der Waals surface area contributed by atoms with E-state index in [9.17, 15) is 0 Å². The molecular formula is C22H29NO. The zero-order chi connectivity index (χ0) is 16.8. The highest BCUT2D eigenvalue weighted by Gasteiger charge is 2.34. The lowest BCUT2D eigenvalue weighted by Crippen LogP contribution is -2.32. The summed E-state index contributed by atoms with van der Waals surface area (Å²) in [6, 6.07) is 19.6. The van der Waals surface area contributed by atoms with Crippen molar-refractivity contribution in [1.82, 2.24) is 4.90 Å². The smallest absolute Gasteiger partial charge is 0.0935 e. The Bertz CT molecular complexity index is 612. The molecule has 2 aromatic carbocycles. The van der Waals surface area contributed by atoms with Crippen LogP contribution in [0.1, 0.15) is 48.8 Å². The molecule has 0 spiro atoms. The van der Waals surface area contributed by atoms with Gasteiger partial charge in [0.25, 0.3) is 0 Å². The van der Waals surface area contributed by atoms with E-state index in [1.165, 1.54) is 36.0 Å². The van der Waals surface area contributed by atoms with Crippen LogP contribution in [-0.2, 0) is 23.5 Å². The van der Waals surface area contributed by atoms with Crippen LogP contribution in [0, 0.1) is 0 Å². The maximum atomic E-state index is 6.55. The lowest BCUT2D eigenvalue weighted by atomic mass is 9.79. The van der Waals surface area contributed by atoms with Crippen molar-refractivity contribution < 1.29 is 4.74 Å². The summed E-state index contributed by atoms with van der Waals surface area (Å²) in [6.07, 6.45) is 6.11. The Morgan fingerprint density at radius 1 is 0.833 bits per heavy atom. The molecule has 0 N–H and O–H groups in total. The Hall–Kier alpha value is -1.64. The SMILES string of the molecule is CN(C)Cc1ccc(C2(OCc3ccccc3)CCCCC2)cc1. The van der Waals surface area contributed by atoms with Gasteiger partial charge in [0.05, 0.1) is 12.2 Å². The minimum Gasteiger partial charge on any atom is -0.366 e. The van der Waals surface area contributed by atoms with Gasteiger partial charge in [-0.1, -0.05) is 73.9 Å². The van der Waals surface area contributed by atoms with Gasteiger partial charge in [0, 0.05) is 6.54 Å². The molecule has 128 valence electrons. The number of rotatable bonds is 6. The summed E-state index contributed by atoms with van der Waals surface area (Å²) in [5.74, 6) is 0. The predicted molar refractivity (Wildman–Crippen MR) is 99.8 cm³/mol. The molecular weight excluding hydrogens is 294 g/mol. The minimum atomic E-state index is -0.106. The lowest BCUT2D eigenvalue weighted by Gasteiger charge is -2.38. The van der Waals surface area contributed by atoms with Gasteiger partial charge in [-0.25, -0.2) is 0 Å². The van der Waals surface area contributed by atoms with E-state index in [2.05, 4.69) is 73.6 Å². The van der Waals surface area contributed by atoms with Crippen molar-refractivity contribution in [3.8, 4) is 0 Å². The van der Waals surface area contributed by atoms with Crippen LogP contribution in [0.15, 0.2) is 54.6 Å². The Kier molecular flexibility index (Phi) is 5.70. The van der Waals surface area contributed by atoms with Gasteiger partial charge in [0.15, 0.2) is 0 Å². The Labute approximate surface area is 146 Å². The molecule has 1 fully saturated rings. The van der Waals surface area contributed by atoms with Crippen LogP contribution in [0.25, 0.3) is 0 Å². The molecule has 2 nitrogen and oxygen atoms in total. The van der Waals surface area contributed by atoms with Crippen LogP contribution in [0.3, 0.4) is 0 Å². The molecule has 0 aliphatic heterocycles. The Morgan fingerprint density at radius 2 is 1.50 bits per heavy atom. The number of ether oxygens (including phenoxy) is 1. The first-order valence-corrected chi connectivity index (χ1v) is 9.10. The van der Waals surface area contributed by atoms with E-state index >= 15 is 0 Å². The molecule has 0 heterocycles. The average molecular weight is 323 g/mol. The van der Waals surface area contributed by atoms with Crippen molar-refractivity contribution in [1.29, 1.82) is 0 Å². The molecule has 0 atom stereocenters. The Morgan fingerprint density at radius 3 is 2.12 bits per heavy atom. The number of hydrogen-bond acceptors (Lipinski definition) is 2. The van der Waals surface area contributed by atoms with Gasteiger partial charge in [-0.3, -0.25) is 0 Å². The van der Waals surface area contributed by atoms with E-state index in [1.807, 2.05) is 0 Å². The molecule has 0 unspecified atom stereocenters. The molecule has 0 aromatic heterocycles. The maximum absolute atomic E-state index is 6.55. The summed E-state index contributed by atoms with van der Waals surface area (Å²) in [4.78, 5) is 2.21. The monoisotopic (exact) mass is 323 g/mol. The third-order valence-electron chi connectivity index (χ3n) is 5.00. The number of nitrogens with zero attached hydrogens (tertiary/aromatic N) is 1. The van der Waals surface area contributed by atoms with Crippen molar-refractivity contribution in [2.45, 2.75) is 50.9 Å². The topological polar surface area (TPSA) is 12.5 Å². The molecule has 0 bridgehead atoms. The number of benzene rings is 2. The molecule has 2 aromatic rings. The molecule has 1 saturated carbocycles. The highest BCUT2D eigenvalue weighted by Crippen LogP contribution is 2.41. The summed E-state index contributed by atoms with van der Waals surface area (Å²) in [5, 5.41) is 0. The first-order chi connectivity index (χ1) is 11.7. The van der Waals surface area contributed by atoms with Gasteiger partial charge in [-0.2, -0.15) is 0 Å². The molecule has 2 heteroatoms. The van der Waals surface area contributed by atoms with Gasteiger partial charge < -0.3 is 9.64 Å². The van der Waals surface area contributed by atoms with Crippen molar-refractivity contribution in [2.75, 3.05) is 14.1 Å². The van der Waals surface area contributed by atoms with Gasteiger partial charge in [-0.05, 0) is 43.6 Å². The summed E-state index contributed by atoms with van der Waals surface area (Å²) < 4.78 is 6.55. The van der Waals surface area contributed by atoms with Crippen molar-refractivity contribution in [3.63, 3.8) is 0 Å². The normalized spacial score (nSPS) is 17.1. The van der Waals surface area contributed by atoms with Crippen LogP contribution in [0.5, 0.6) is 0 Å². The lowest BCUT2D eigenvalue weighted by molar-refractivity contribution is -0.0864. The molecule has 0 radical (unpaired) electrons. The summed E-state index contributed by atoms with van der Waals surface area (Å²) in [5.41, 5.74) is 3.86. The summed E-state index contributed by atoms with van der Waals surface area (Å²) >= 11 is 0. The van der Waals surface area contributed by atoms with Gasteiger partial charge in [0.1, 0.15) is 0 Å². The average Bonchev–Trinajstić information content (AvgIpc) is 2.62. The van der Waals surface area contributed by atoms with E-state index in [4.69, 9.17) is 4.74 Å². The van der Waals surface area contributed by atoms with Crippen LogP contribution in [-0.4, -0.2) is 19.0 Å². The van der Waals surface area contributed by atoms with Crippen molar-refractivity contribution >= 4 is 0 Å². The second-order valence-electron chi connectivity index (χ2n) is 7.26. The van der Waals surface area contributed by atoms with Crippen molar-refractivity contribution in [2.24, 2.45) is 0 Å². The summed E-state index contributed by atoms with van der Waals surface area (Å²) in [6.45, 7) is 1.68. The number of hydrogen-bond donors (Lipinski definition) is 0. The fraction of sp³-hybridized carbons (Fsp3) is 0.455. The van der Waals surface area contributed by atoms with E-state index in [1.54, 1.807) is 0 Å². The zero-order valence-corrected chi connectivity index (χ0v) is 15.0. The fourth-order valence-corrected chi connectivity index (χ4v) is 3.71. The second-order valence-corrected chi connectivity index (χ2v) is 7.26. The highest BCUT2D eigenvalue weighted by atomic mass is 16.5. The van der Waals surface area contributed by atoms with E-state index in [0.29, 0.717) is 6.61 Å². The minimum absolute atomic E-state index is 0.106. The molecule has 1 aliphatic carbocycles. The van der Waals surface area contributed by atoms with Crippen LogP contribution < -0.4 is 0 Å². The Balaban J connectivity index is 1.77. The van der Waals surface area contributed by atoms with E-state index in [0.717, 1.165) is 19.4 Å². The third kappa shape index (κ3) is 4.25. The van der Waals surface area contributed by atoms with Crippen LogP contribution >= 0.6 is 0 Å². The van der Waals surface area contributed by atoms with Gasteiger partial charge >= 0.3 is 0 Å². The van der Waals surface area contributed by atoms with Crippen LogP contribution in [0.2, 0.25) is 0 Å². The summed E-state index contributed by atoms with van der Waals surface area (Å²) in [7, 11) is 4.22. The zero-order valence-electron chi connectivity index (χ0n) is 15.0. The first-order valence-electron chi connectivity index (χ1n) is 9.10. The quantitative estimate of drug-likeness (QED) is 0.731. The highest BCUT2D eigenvalue weighted by molar-refractivity contribution is 5.28. The second kappa shape index (κ2) is 7.96. The standard InChI is InChI=1S/C22H29NO/c1-23(2)17-19-11-13-21(14-12-19)22(15-7-4-8-16-22)24-18-20-9-5-3-6-10-20/h3,5-6,9-14H,4,7-8,15-18H2,1-2H3. The van der Waals surface area contributed by atoms with E-state index in [-0.39, 0.29) is 5.60 Å². The fourth-order valence-electron chi connectivity index (χ4n) is 3.71. The molecule has 3 rings (SSSR count). The van der Waals surface area contributed by atoms with Crippen LogP contribution in [0.4, 0.5) is 0 Å².